The summed E-state index contributed by atoms with van der Waals surface area (Å²) >= 11 is 5.96. The molecule has 19 heavy (non-hydrogen) atoms. The van der Waals surface area contributed by atoms with E-state index < -0.39 is 6.04 Å². The van der Waals surface area contributed by atoms with Crippen molar-refractivity contribution in [3.8, 4) is 0 Å². The van der Waals surface area contributed by atoms with Crippen molar-refractivity contribution in [1.82, 2.24) is 14.8 Å². The largest absolute Gasteiger partial charge is 0.329 e. The minimum atomic E-state index is -0.459. The second-order valence-electron chi connectivity index (χ2n) is 4.40. The van der Waals surface area contributed by atoms with E-state index in [-0.39, 0.29) is 11.8 Å². The van der Waals surface area contributed by atoms with Crippen LogP contribution in [-0.2, 0) is 9.59 Å². The molecule has 0 spiro atoms. The first kappa shape index (κ1) is 13.5. The fourth-order valence-electron chi connectivity index (χ4n) is 1.88. The van der Waals surface area contributed by atoms with E-state index in [1.54, 1.807) is 45.4 Å². The van der Waals surface area contributed by atoms with Crippen LogP contribution in [0.1, 0.15) is 12.5 Å². The van der Waals surface area contributed by atoms with Crippen LogP contribution in [0.2, 0.25) is 5.15 Å². The molecule has 2 rings (SSSR count). The van der Waals surface area contributed by atoms with E-state index in [0.29, 0.717) is 16.4 Å². The Morgan fingerprint density at radius 2 is 2.05 bits per heavy atom. The Bertz CT molecular complexity index is 571. The summed E-state index contributed by atoms with van der Waals surface area (Å²) in [5.41, 5.74) is 0.899. The van der Waals surface area contributed by atoms with Crippen molar-refractivity contribution < 1.29 is 9.59 Å². The first-order valence-corrected chi connectivity index (χ1v) is 6.18. The Labute approximate surface area is 116 Å². The minimum Gasteiger partial charge on any atom is -0.329 e. The molecular formula is C13H14ClN3O2. The zero-order valence-electron chi connectivity index (χ0n) is 10.9. The van der Waals surface area contributed by atoms with Crippen LogP contribution in [0.15, 0.2) is 24.0 Å². The molecule has 2 amide bonds. The van der Waals surface area contributed by atoms with Gasteiger partial charge in [0.05, 0.1) is 0 Å². The summed E-state index contributed by atoms with van der Waals surface area (Å²) in [5, 5.41) is 0.296. The lowest BCUT2D eigenvalue weighted by Crippen LogP contribution is -2.54. The third kappa shape index (κ3) is 2.33. The second kappa shape index (κ2) is 5.01. The number of hydrogen-bond acceptors (Lipinski definition) is 3. The van der Waals surface area contributed by atoms with E-state index in [2.05, 4.69) is 4.98 Å². The van der Waals surface area contributed by atoms with Crippen LogP contribution in [0.3, 0.4) is 0 Å². The molecule has 1 aromatic heterocycles. The van der Waals surface area contributed by atoms with Crippen molar-refractivity contribution in [2.75, 3.05) is 14.1 Å². The van der Waals surface area contributed by atoms with Crippen molar-refractivity contribution in [3.05, 3.63) is 34.7 Å². The number of rotatable bonds is 1. The van der Waals surface area contributed by atoms with Gasteiger partial charge in [-0.3, -0.25) is 9.59 Å². The van der Waals surface area contributed by atoms with Crippen LogP contribution in [0.5, 0.6) is 0 Å². The highest BCUT2D eigenvalue weighted by molar-refractivity contribution is 6.31. The highest BCUT2D eigenvalue weighted by Gasteiger charge is 2.36. The maximum Gasteiger partial charge on any atom is 0.270 e. The number of pyridine rings is 1. The molecule has 1 atom stereocenters. The zero-order chi connectivity index (χ0) is 14.2. The molecule has 100 valence electrons. The number of aromatic nitrogens is 1. The fraction of sp³-hybridized carbons (Fsp3) is 0.308. The van der Waals surface area contributed by atoms with E-state index in [0.717, 1.165) is 0 Å². The van der Waals surface area contributed by atoms with Gasteiger partial charge >= 0.3 is 0 Å². The van der Waals surface area contributed by atoms with Crippen LogP contribution in [-0.4, -0.2) is 46.7 Å². The van der Waals surface area contributed by atoms with Gasteiger partial charge in [-0.25, -0.2) is 4.98 Å². The van der Waals surface area contributed by atoms with Gasteiger partial charge < -0.3 is 9.80 Å². The topological polar surface area (TPSA) is 53.5 Å². The molecule has 1 saturated heterocycles. The van der Waals surface area contributed by atoms with Gasteiger partial charge in [-0.15, -0.1) is 0 Å². The summed E-state index contributed by atoms with van der Waals surface area (Å²) in [7, 11) is 3.19. The van der Waals surface area contributed by atoms with E-state index in [9.17, 15) is 9.59 Å². The third-order valence-electron chi connectivity index (χ3n) is 3.25. The molecule has 0 aromatic carbocycles. The molecule has 1 unspecified atom stereocenters. The molecule has 5 nitrogen and oxygen atoms in total. The smallest absolute Gasteiger partial charge is 0.270 e. The normalized spacial score (nSPS) is 22.3. The van der Waals surface area contributed by atoms with E-state index in [1.807, 2.05) is 0 Å². The number of amides is 2. The molecule has 0 radical (unpaired) electrons. The number of likely N-dealkylation sites (N-methyl/N-ethyl adjacent to an activating group) is 2. The molecule has 1 fully saturated rings. The molecule has 1 aliphatic heterocycles. The molecule has 2 heterocycles. The highest BCUT2D eigenvalue weighted by atomic mass is 35.5. The van der Waals surface area contributed by atoms with Gasteiger partial charge in [0.2, 0.25) is 5.91 Å². The molecule has 0 N–H and O–H groups in total. The van der Waals surface area contributed by atoms with E-state index in [1.165, 1.54) is 9.80 Å². The monoisotopic (exact) mass is 279 g/mol. The molecule has 0 saturated carbocycles. The Morgan fingerprint density at radius 1 is 1.37 bits per heavy atom. The van der Waals surface area contributed by atoms with Crippen LogP contribution < -0.4 is 0 Å². The van der Waals surface area contributed by atoms with Crippen LogP contribution >= 0.6 is 11.6 Å². The Morgan fingerprint density at radius 3 is 2.68 bits per heavy atom. The van der Waals surface area contributed by atoms with Gasteiger partial charge in [0.25, 0.3) is 5.91 Å². The summed E-state index contributed by atoms with van der Waals surface area (Å²) in [6, 6.07) is 3.00. The SMILES string of the molecule is CC1C(=O)N(C)/C(=C/c2cccnc2Cl)C(=O)N1C. The van der Waals surface area contributed by atoms with Crippen molar-refractivity contribution >= 4 is 29.5 Å². The molecule has 6 heteroatoms. The summed E-state index contributed by atoms with van der Waals surface area (Å²) < 4.78 is 0. The average molecular weight is 280 g/mol. The van der Waals surface area contributed by atoms with Crippen LogP contribution in [0.25, 0.3) is 6.08 Å². The van der Waals surface area contributed by atoms with Crippen molar-refractivity contribution in [2.24, 2.45) is 0 Å². The quantitative estimate of drug-likeness (QED) is 0.577. The molecule has 1 aromatic rings. The lowest BCUT2D eigenvalue weighted by Gasteiger charge is -2.36. The minimum absolute atomic E-state index is 0.131. The highest BCUT2D eigenvalue weighted by Crippen LogP contribution is 2.22. The number of hydrogen-bond donors (Lipinski definition) is 0. The van der Waals surface area contributed by atoms with E-state index >= 15 is 0 Å². The third-order valence-corrected chi connectivity index (χ3v) is 3.57. The predicted octanol–water partition coefficient (Wildman–Crippen LogP) is 1.39. The van der Waals surface area contributed by atoms with Crippen LogP contribution in [0.4, 0.5) is 0 Å². The van der Waals surface area contributed by atoms with Gasteiger partial charge in [0, 0.05) is 25.9 Å². The summed E-state index contributed by atoms with van der Waals surface area (Å²) in [6.45, 7) is 1.70. The number of nitrogens with zero attached hydrogens (tertiary/aromatic N) is 3. The van der Waals surface area contributed by atoms with Gasteiger partial charge in [0.1, 0.15) is 16.9 Å². The first-order chi connectivity index (χ1) is 8.93. The number of carbonyl (C=O) groups is 2. The standard InChI is InChI=1S/C13H14ClN3O2/c1-8-12(18)17(3)10(13(19)16(8)2)7-9-5-4-6-15-11(9)14/h4-8H,1-3H3/b10-7+. The average Bonchev–Trinajstić information content (AvgIpc) is 2.41. The van der Waals surface area contributed by atoms with Gasteiger partial charge in [0.15, 0.2) is 0 Å². The summed E-state index contributed by atoms with van der Waals surface area (Å²) in [4.78, 5) is 30.9. The van der Waals surface area contributed by atoms with E-state index in [4.69, 9.17) is 11.6 Å². The maximum absolute atomic E-state index is 12.2. The zero-order valence-corrected chi connectivity index (χ0v) is 11.7. The fourth-order valence-corrected chi connectivity index (χ4v) is 2.05. The predicted molar refractivity (Wildman–Crippen MR) is 72.2 cm³/mol. The second-order valence-corrected chi connectivity index (χ2v) is 4.76. The summed E-state index contributed by atoms with van der Waals surface area (Å²) in [6.07, 6.45) is 3.15. The van der Waals surface area contributed by atoms with Crippen molar-refractivity contribution in [1.29, 1.82) is 0 Å². The van der Waals surface area contributed by atoms with Gasteiger partial charge in [-0.1, -0.05) is 17.7 Å². The lowest BCUT2D eigenvalue weighted by atomic mass is 10.1. The number of halogens is 1. The molecular weight excluding hydrogens is 266 g/mol. The van der Waals surface area contributed by atoms with Crippen molar-refractivity contribution in [2.45, 2.75) is 13.0 Å². The molecule has 0 bridgehead atoms. The Kier molecular flexibility index (Phi) is 3.57. The number of piperazine rings is 1. The number of carbonyl (C=O) groups excluding carboxylic acids is 2. The van der Waals surface area contributed by atoms with Crippen LogP contribution in [0, 0.1) is 0 Å². The molecule has 1 aliphatic rings. The Balaban J connectivity index is 2.46. The van der Waals surface area contributed by atoms with Crippen molar-refractivity contribution in [3.63, 3.8) is 0 Å². The van der Waals surface area contributed by atoms with Gasteiger partial charge in [-0.05, 0) is 19.1 Å². The Hall–Kier alpha value is -1.88. The maximum atomic E-state index is 12.2. The first-order valence-electron chi connectivity index (χ1n) is 5.80. The van der Waals surface area contributed by atoms with Gasteiger partial charge in [-0.2, -0.15) is 0 Å². The lowest BCUT2D eigenvalue weighted by molar-refractivity contribution is -0.147. The molecule has 0 aliphatic carbocycles. The summed E-state index contributed by atoms with van der Waals surface area (Å²) in [5.74, 6) is -0.345.